The van der Waals surface area contributed by atoms with Gasteiger partial charge in [-0.25, -0.2) is 0 Å². The summed E-state index contributed by atoms with van der Waals surface area (Å²) in [7, 11) is 0. The van der Waals surface area contributed by atoms with E-state index in [1.54, 1.807) is 6.92 Å². The molecule has 0 saturated heterocycles. The maximum Gasteiger partial charge on any atom is 0.416 e. The average molecular weight is 369 g/mol. The van der Waals surface area contributed by atoms with Gasteiger partial charge < -0.3 is 14.6 Å². The number of nitrogens with one attached hydrogen (secondary N) is 1. The Hall–Kier alpha value is -2.55. The molecule has 0 amide bonds. The van der Waals surface area contributed by atoms with E-state index < -0.39 is 11.7 Å². The van der Waals surface area contributed by atoms with Crippen molar-refractivity contribution in [2.45, 2.75) is 19.6 Å². The second kappa shape index (κ2) is 7.14. The van der Waals surface area contributed by atoms with Gasteiger partial charge in [0, 0.05) is 0 Å². The van der Waals surface area contributed by atoms with Gasteiger partial charge in [0.1, 0.15) is 5.75 Å². The molecule has 0 fully saturated rings. The lowest BCUT2D eigenvalue weighted by atomic mass is 10.1. The van der Waals surface area contributed by atoms with Gasteiger partial charge in [0.05, 0.1) is 29.3 Å². The maximum absolute atomic E-state index is 12.9. The first-order valence-corrected chi connectivity index (χ1v) is 8.29. The zero-order chi connectivity index (χ0) is 17.9. The minimum atomic E-state index is -4.43. The van der Waals surface area contributed by atoms with Crippen molar-refractivity contribution in [1.82, 2.24) is 10.1 Å². The highest BCUT2D eigenvalue weighted by Crippen LogP contribution is 2.35. The number of halogens is 3. The van der Waals surface area contributed by atoms with Crippen molar-refractivity contribution >= 4 is 17.0 Å². The van der Waals surface area contributed by atoms with Gasteiger partial charge in [-0.1, -0.05) is 11.2 Å². The van der Waals surface area contributed by atoms with E-state index in [9.17, 15) is 13.2 Å². The molecule has 1 aromatic carbocycles. The predicted molar refractivity (Wildman–Crippen MR) is 87.6 cm³/mol. The number of nitrogens with zero attached hydrogens (tertiary/aromatic N) is 2. The molecular weight excluding hydrogens is 355 g/mol. The molecule has 1 N–H and O–H groups in total. The molecular formula is C16H14F3N3O2S. The maximum atomic E-state index is 12.9. The van der Waals surface area contributed by atoms with Crippen LogP contribution in [-0.2, 0) is 12.7 Å². The number of benzene rings is 1. The lowest BCUT2D eigenvalue weighted by Gasteiger charge is -2.14. The molecule has 0 spiro atoms. The largest absolute Gasteiger partial charge is 0.492 e. The summed E-state index contributed by atoms with van der Waals surface area (Å²) in [6, 6.07) is 7.00. The third kappa shape index (κ3) is 4.11. The van der Waals surface area contributed by atoms with Gasteiger partial charge in [-0.05, 0) is 36.6 Å². The van der Waals surface area contributed by atoms with Crippen LogP contribution in [0, 0.1) is 0 Å². The highest BCUT2D eigenvalue weighted by atomic mass is 32.1. The Morgan fingerprint density at radius 2 is 2.12 bits per heavy atom. The molecule has 0 aliphatic rings. The minimum absolute atomic E-state index is 0.0831. The fraction of sp³-hybridized carbons (Fsp3) is 0.250. The van der Waals surface area contributed by atoms with Crippen LogP contribution in [0.2, 0.25) is 0 Å². The van der Waals surface area contributed by atoms with E-state index in [0.29, 0.717) is 18.2 Å². The molecule has 3 aromatic rings. The number of ether oxygens (including phenoxy) is 1. The summed E-state index contributed by atoms with van der Waals surface area (Å²) in [4.78, 5) is 5.07. The summed E-state index contributed by atoms with van der Waals surface area (Å²) >= 11 is 1.47. The summed E-state index contributed by atoms with van der Waals surface area (Å²) in [6.45, 7) is 2.18. The van der Waals surface area contributed by atoms with E-state index in [1.165, 1.54) is 17.4 Å². The topological polar surface area (TPSA) is 60.2 Å². The zero-order valence-corrected chi connectivity index (χ0v) is 13.9. The summed E-state index contributed by atoms with van der Waals surface area (Å²) in [5.41, 5.74) is -0.546. The molecule has 9 heteroatoms. The third-order valence-electron chi connectivity index (χ3n) is 3.25. The van der Waals surface area contributed by atoms with Crippen LogP contribution >= 0.6 is 11.3 Å². The Bertz CT molecular complexity index is 832. The van der Waals surface area contributed by atoms with Gasteiger partial charge in [-0.3, -0.25) is 0 Å². The Balaban J connectivity index is 1.77. The van der Waals surface area contributed by atoms with Gasteiger partial charge in [-0.2, -0.15) is 18.2 Å². The van der Waals surface area contributed by atoms with E-state index >= 15 is 0 Å². The molecule has 2 aromatic heterocycles. The van der Waals surface area contributed by atoms with Crippen molar-refractivity contribution in [2.24, 2.45) is 0 Å². The molecule has 132 valence electrons. The Kier molecular flexibility index (Phi) is 4.93. The molecule has 25 heavy (non-hydrogen) atoms. The molecule has 0 atom stereocenters. The van der Waals surface area contributed by atoms with Crippen LogP contribution < -0.4 is 10.1 Å². The molecule has 0 aliphatic heterocycles. The SMILES string of the molecule is CCOc1ccc(C(F)(F)F)cc1NCc1nc(-c2cccs2)no1. The normalized spacial score (nSPS) is 11.5. The predicted octanol–water partition coefficient (Wildman–Crippen LogP) is 4.83. The van der Waals surface area contributed by atoms with Gasteiger partial charge in [0.2, 0.25) is 11.7 Å². The van der Waals surface area contributed by atoms with Crippen LogP contribution in [0.5, 0.6) is 5.75 Å². The fourth-order valence-corrected chi connectivity index (χ4v) is 2.78. The third-order valence-corrected chi connectivity index (χ3v) is 4.11. The number of aromatic nitrogens is 2. The van der Waals surface area contributed by atoms with Crippen LogP contribution in [0.4, 0.5) is 18.9 Å². The van der Waals surface area contributed by atoms with Gasteiger partial charge in [-0.15, -0.1) is 11.3 Å². The summed E-state index contributed by atoms with van der Waals surface area (Å²) in [5.74, 6) is 1.04. The first-order chi connectivity index (χ1) is 12.0. The van der Waals surface area contributed by atoms with Crippen molar-refractivity contribution in [3.63, 3.8) is 0 Å². The highest BCUT2D eigenvalue weighted by Gasteiger charge is 2.31. The van der Waals surface area contributed by atoms with Crippen LogP contribution in [0.15, 0.2) is 40.2 Å². The van der Waals surface area contributed by atoms with Gasteiger partial charge in [0.15, 0.2) is 0 Å². The molecule has 5 nitrogen and oxygen atoms in total. The van der Waals surface area contributed by atoms with Crippen molar-refractivity contribution in [2.75, 3.05) is 11.9 Å². The van der Waals surface area contributed by atoms with Crippen LogP contribution in [0.25, 0.3) is 10.7 Å². The Labute approximate surface area is 145 Å². The van der Waals surface area contributed by atoms with Crippen molar-refractivity contribution in [3.05, 3.63) is 47.2 Å². The lowest BCUT2D eigenvalue weighted by Crippen LogP contribution is -2.08. The number of anilines is 1. The average Bonchev–Trinajstić information content (AvgIpc) is 3.24. The van der Waals surface area contributed by atoms with Crippen LogP contribution in [0.1, 0.15) is 18.4 Å². The number of thiophene rings is 1. The Morgan fingerprint density at radius 1 is 1.28 bits per heavy atom. The second-order valence-corrected chi connectivity index (χ2v) is 5.93. The van der Waals surface area contributed by atoms with Crippen molar-refractivity contribution in [3.8, 4) is 16.5 Å². The number of alkyl halides is 3. The number of hydrogen-bond acceptors (Lipinski definition) is 6. The second-order valence-electron chi connectivity index (χ2n) is 4.98. The van der Waals surface area contributed by atoms with Gasteiger partial charge in [0.25, 0.3) is 0 Å². The van der Waals surface area contributed by atoms with E-state index in [4.69, 9.17) is 9.26 Å². The number of hydrogen-bond donors (Lipinski definition) is 1. The quantitative estimate of drug-likeness (QED) is 0.674. The van der Waals surface area contributed by atoms with E-state index in [0.717, 1.165) is 17.0 Å². The standard InChI is InChI=1S/C16H14F3N3O2S/c1-2-23-12-6-5-10(16(17,18)19)8-11(12)20-9-14-21-15(22-24-14)13-4-3-7-25-13/h3-8,20H,2,9H2,1H3. The van der Waals surface area contributed by atoms with Crippen molar-refractivity contribution in [1.29, 1.82) is 0 Å². The van der Waals surface area contributed by atoms with Crippen LogP contribution in [-0.4, -0.2) is 16.7 Å². The first kappa shape index (κ1) is 17.3. The fourth-order valence-electron chi connectivity index (χ4n) is 2.13. The van der Waals surface area contributed by atoms with E-state index in [1.807, 2.05) is 17.5 Å². The van der Waals surface area contributed by atoms with E-state index in [-0.39, 0.29) is 18.1 Å². The Morgan fingerprint density at radius 3 is 2.80 bits per heavy atom. The van der Waals surface area contributed by atoms with Crippen molar-refractivity contribution < 1.29 is 22.4 Å². The highest BCUT2D eigenvalue weighted by molar-refractivity contribution is 7.13. The molecule has 0 radical (unpaired) electrons. The summed E-state index contributed by atoms with van der Waals surface area (Å²) in [6.07, 6.45) is -4.43. The monoisotopic (exact) mass is 369 g/mol. The van der Waals surface area contributed by atoms with E-state index in [2.05, 4.69) is 15.5 Å². The first-order valence-electron chi connectivity index (χ1n) is 7.41. The molecule has 0 aliphatic carbocycles. The summed E-state index contributed by atoms with van der Waals surface area (Å²) < 4.78 is 49.2. The smallest absolute Gasteiger partial charge is 0.416 e. The molecule has 3 rings (SSSR count). The van der Waals surface area contributed by atoms with Gasteiger partial charge >= 0.3 is 6.18 Å². The molecule has 0 saturated carbocycles. The summed E-state index contributed by atoms with van der Waals surface area (Å²) in [5, 5.41) is 8.62. The number of rotatable bonds is 6. The molecule has 0 unspecified atom stereocenters. The molecule has 2 heterocycles. The van der Waals surface area contributed by atoms with Crippen LogP contribution in [0.3, 0.4) is 0 Å². The zero-order valence-electron chi connectivity index (χ0n) is 13.1. The molecule has 0 bridgehead atoms. The minimum Gasteiger partial charge on any atom is -0.492 e. The lowest BCUT2D eigenvalue weighted by molar-refractivity contribution is -0.137.